The SMILES string of the molecule is Cc1ccc2c(c1)cc(CN(Cc1cocn1)Cc1cocn1)n2C. The first kappa shape index (κ1) is 15.7. The molecular weight excluding hydrogens is 316 g/mol. The molecule has 0 saturated carbocycles. The molecule has 25 heavy (non-hydrogen) atoms. The minimum atomic E-state index is 0.684. The summed E-state index contributed by atoms with van der Waals surface area (Å²) in [6.45, 7) is 4.27. The van der Waals surface area contributed by atoms with Crippen molar-refractivity contribution >= 4 is 10.9 Å². The molecule has 0 unspecified atom stereocenters. The highest BCUT2D eigenvalue weighted by Crippen LogP contribution is 2.22. The topological polar surface area (TPSA) is 60.2 Å². The molecule has 0 aliphatic heterocycles. The Labute approximate surface area is 145 Å². The van der Waals surface area contributed by atoms with E-state index in [0.717, 1.165) is 17.9 Å². The summed E-state index contributed by atoms with van der Waals surface area (Å²) in [6, 6.07) is 8.79. The molecule has 0 atom stereocenters. The van der Waals surface area contributed by atoms with Gasteiger partial charge in [0.1, 0.15) is 12.5 Å². The van der Waals surface area contributed by atoms with Crippen LogP contribution < -0.4 is 0 Å². The lowest BCUT2D eigenvalue weighted by Gasteiger charge is -2.20. The van der Waals surface area contributed by atoms with E-state index < -0.39 is 0 Å². The van der Waals surface area contributed by atoms with Crippen LogP contribution in [0.1, 0.15) is 22.6 Å². The molecule has 0 spiro atoms. The first-order valence-electron chi connectivity index (χ1n) is 8.20. The van der Waals surface area contributed by atoms with Gasteiger partial charge in [0.25, 0.3) is 0 Å². The fourth-order valence-electron chi connectivity index (χ4n) is 3.16. The Morgan fingerprint density at radius 1 is 0.960 bits per heavy atom. The minimum absolute atomic E-state index is 0.684. The van der Waals surface area contributed by atoms with Gasteiger partial charge in [-0.05, 0) is 25.1 Å². The fraction of sp³-hybridized carbons (Fsp3) is 0.263. The van der Waals surface area contributed by atoms with Gasteiger partial charge in [0, 0.05) is 43.3 Å². The average molecular weight is 336 g/mol. The van der Waals surface area contributed by atoms with Crippen LogP contribution in [0.4, 0.5) is 0 Å². The molecule has 0 fully saturated rings. The molecular formula is C19H20N4O2. The van der Waals surface area contributed by atoms with Crippen molar-refractivity contribution in [3.63, 3.8) is 0 Å². The number of fused-ring (bicyclic) bond motifs is 1. The summed E-state index contributed by atoms with van der Waals surface area (Å²) in [7, 11) is 2.11. The summed E-state index contributed by atoms with van der Waals surface area (Å²) >= 11 is 0. The summed E-state index contributed by atoms with van der Waals surface area (Å²) < 4.78 is 12.5. The molecule has 3 heterocycles. The van der Waals surface area contributed by atoms with Crippen LogP contribution in [0.2, 0.25) is 0 Å². The van der Waals surface area contributed by atoms with Gasteiger partial charge >= 0.3 is 0 Å². The van der Waals surface area contributed by atoms with Crippen LogP contribution in [0.3, 0.4) is 0 Å². The van der Waals surface area contributed by atoms with E-state index in [9.17, 15) is 0 Å². The summed E-state index contributed by atoms with van der Waals surface area (Å²) in [4.78, 5) is 10.8. The van der Waals surface area contributed by atoms with Crippen LogP contribution in [0, 0.1) is 6.92 Å². The molecule has 0 amide bonds. The van der Waals surface area contributed by atoms with Crippen LogP contribution >= 0.6 is 0 Å². The van der Waals surface area contributed by atoms with Gasteiger partial charge < -0.3 is 13.4 Å². The Balaban J connectivity index is 1.62. The third-order valence-corrected chi connectivity index (χ3v) is 4.42. The molecule has 0 saturated heterocycles. The predicted octanol–water partition coefficient (Wildman–Crippen LogP) is 3.67. The molecule has 6 nitrogen and oxygen atoms in total. The maximum absolute atomic E-state index is 5.11. The Kier molecular flexibility index (Phi) is 4.11. The van der Waals surface area contributed by atoms with Crippen molar-refractivity contribution in [2.75, 3.05) is 0 Å². The van der Waals surface area contributed by atoms with Crippen molar-refractivity contribution in [3.05, 3.63) is 72.2 Å². The Morgan fingerprint density at radius 3 is 2.24 bits per heavy atom. The van der Waals surface area contributed by atoms with Crippen molar-refractivity contribution in [2.24, 2.45) is 7.05 Å². The van der Waals surface area contributed by atoms with E-state index >= 15 is 0 Å². The second kappa shape index (κ2) is 6.57. The average Bonchev–Trinajstić information content (AvgIpc) is 3.32. The van der Waals surface area contributed by atoms with Gasteiger partial charge in [0.15, 0.2) is 12.8 Å². The largest absolute Gasteiger partial charge is 0.451 e. The van der Waals surface area contributed by atoms with E-state index in [1.165, 1.54) is 34.9 Å². The Bertz CT molecular complexity index is 919. The second-order valence-electron chi connectivity index (χ2n) is 6.36. The fourth-order valence-corrected chi connectivity index (χ4v) is 3.16. The summed E-state index contributed by atoms with van der Waals surface area (Å²) in [5.41, 5.74) is 5.55. The van der Waals surface area contributed by atoms with Crippen molar-refractivity contribution in [3.8, 4) is 0 Å². The van der Waals surface area contributed by atoms with E-state index in [1.54, 1.807) is 12.5 Å². The third kappa shape index (κ3) is 3.34. The predicted molar refractivity (Wildman–Crippen MR) is 93.6 cm³/mol. The molecule has 0 bridgehead atoms. The number of hydrogen-bond acceptors (Lipinski definition) is 5. The third-order valence-electron chi connectivity index (χ3n) is 4.42. The molecule has 4 rings (SSSR count). The van der Waals surface area contributed by atoms with Crippen LogP contribution in [0.15, 0.2) is 58.4 Å². The molecule has 0 N–H and O–H groups in total. The van der Waals surface area contributed by atoms with Crippen LogP contribution in [0.25, 0.3) is 10.9 Å². The maximum Gasteiger partial charge on any atom is 0.180 e. The Morgan fingerprint density at radius 2 is 1.64 bits per heavy atom. The van der Waals surface area contributed by atoms with Crippen molar-refractivity contribution in [1.82, 2.24) is 19.4 Å². The molecule has 0 aliphatic carbocycles. The van der Waals surface area contributed by atoms with Crippen LogP contribution in [-0.4, -0.2) is 19.4 Å². The van der Waals surface area contributed by atoms with Gasteiger partial charge in [-0.3, -0.25) is 4.90 Å². The van der Waals surface area contributed by atoms with Gasteiger partial charge in [0.2, 0.25) is 0 Å². The molecule has 1 aromatic carbocycles. The normalized spacial score (nSPS) is 11.6. The van der Waals surface area contributed by atoms with Crippen LogP contribution in [-0.2, 0) is 26.7 Å². The lowest BCUT2D eigenvalue weighted by Crippen LogP contribution is -2.24. The summed E-state index contributed by atoms with van der Waals surface area (Å²) in [5.74, 6) is 0. The monoisotopic (exact) mass is 336 g/mol. The highest BCUT2D eigenvalue weighted by Gasteiger charge is 2.14. The molecule has 128 valence electrons. The van der Waals surface area contributed by atoms with E-state index in [1.807, 2.05) is 0 Å². The number of rotatable bonds is 6. The number of nitrogens with zero attached hydrogens (tertiary/aromatic N) is 4. The van der Waals surface area contributed by atoms with E-state index in [4.69, 9.17) is 8.83 Å². The van der Waals surface area contributed by atoms with E-state index in [0.29, 0.717) is 13.1 Å². The van der Waals surface area contributed by atoms with Crippen molar-refractivity contribution in [1.29, 1.82) is 0 Å². The highest BCUT2D eigenvalue weighted by molar-refractivity contribution is 5.82. The minimum Gasteiger partial charge on any atom is -0.451 e. The lowest BCUT2D eigenvalue weighted by molar-refractivity contribution is 0.236. The van der Waals surface area contributed by atoms with Crippen LogP contribution in [0.5, 0.6) is 0 Å². The summed E-state index contributed by atoms with van der Waals surface area (Å²) in [5, 5.41) is 1.26. The highest BCUT2D eigenvalue weighted by atomic mass is 16.3. The lowest BCUT2D eigenvalue weighted by atomic mass is 10.2. The molecule has 4 aromatic rings. The molecule has 0 radical (unpaired) electrons. The standard InChI is InChI=1S/C19H20N4O2/c1-14-3-4-19-15(5-14)6-18(22(19)2)9-23(7-16-10-24-12-20-16)8-17-11-25-13-21-17/h3-6,10-13H,7-9H2,1-2H3. The first-order valence-corrected chi connectivity index (χ1v) is 8.20. The van der Waals surface area contributed by atoms with Crippen molar-refractivity contribution < 1.29 is 8.83 Å². The zero-order valence-corrected chi connectivity index (χ0v) is 14.3. The number of oxazole rings is 2. The van der Waals surface area contributed by atoms with Gasteiger partial charge in [-0.2, -0.15) is 0 Å². The van der Waals surface area contributed by atoms with Gasteiger partial charge in [0.05, 0.1) is 11.4 Å². The van der Waals surface area contributed by atoms with E-state index in [-0.39, 0.29) is 0 Å². The molecule has 3 aromatic heterocycles. The number of hydrogen-bond donors (Lipinski definition) is 0. The number of benzene rings is 1. The van der Waals surface area contributed by atoms with Crippen molar-refractivity contribution in [2.45, 2.75) is 26.6 Å². The smallest absolute Gasteiger partial charge is 0.180 e. The maximum atomic E-state index is 5.11. The first-order chi connectivity index (χ1) is 12.2. The molecule has 0 aliphatic rings. The Hall–Kier alpha value is -2.86. The zero-order valence-electron chi connectivity index (χ0n) is 14.3. The number of aryl methyl sites for hydroxylation is 2. The molecule has 6 heteroatoms. The van der Waals surface area contributed by atoms with Gasteiger partial charge in [-0.25, -0.2) is 9.97 Å². The number of aromatic nitrogens is 3. The van der Waals surface area contributed by atoms with Gasteiger partial charge in [-0.15, -0.1) is 0 Å². The summed E-state index contributed by atoms with van der Waals surface area (Å²) in [6.07, 6.45) is 6.29. The van der Waals surface area contributed by atoms with Gasteiger partial charge in [-0.1, -0.05) is 11.6 Å². The zero-order chi connectivity index (χ0) is 17.2. The van der Waals surface area contributed by atoms with E-state index in [2.05, 4.69) is 57.7 Å². The quantitative estimate of drug-likeness (QED) is 0.538. The second-order valence-corrected chi connectivity index (χ2v) is 6.36.